The first kappa shape index (κ1) is 25.7. The number of ether oxygens (including phenoxy) is 4. The normalized spacial score (nSPS) is 17.3. The molecule has 1 aliphatic rings. The second kappa shape index (κ2) is 11.0. The SMILES string of the molecule is COc1cc(C(=O)N2C=CCC(CCOC(C)=O)(c3ccc(Cl)c(Cl)c3)C2)cc(OC)c1OC. The monoisotopic (exact) mass is 507 g/mol. The van der Waals surface area contributed by atoms with Crippen LogP contribution in [0.4, 0.5) is 0 Å². The number of nitrogens with zero attached hydrogens (tertiary/aromatic N) is 1. The van der Waals surface area contributed by atoms with Crippen LogP contribution in [0.25, 0.3) is 0 Å². The van der Waals surface area contributed by atoms with Crippen LogP contribution in [0.2, 0.25) is 10.0 Å². The summed E-state index contributed by atoms with van der Waals surface area (Å²) in [5, 5.41) is 0.861. The van der Waals surface area contributed by atoms with Gasteiger partial charge in [0.1, 0.15) is 0 Å². The molecule has 0 bridgehead atoms. The largest absolute Gasteiger partial charge is 0.493 e. The summed E-state index contributed by atoms with van der Waals surface area (Å²) in [5.74, 6) is 0.573. The van der Waals surface area contributed by atoms with E-state index in [2.05, 4.69) is 0 Å². The van der Waals surface area contributed by atoms with Crippen molar-refractivity contribution in [3.05, 3.63) is 63.8 Å². The minimum Gasteiger partial charge on any atom is -0.493 e. The molecule has 3 rings (SSSR count). The number of amides is 1. The van der Waals surface area contributed by atoms with E-state index in [0.29, 0.717) is 52.2 Å². The first-order valence-electron chi connectivity index (χ1n) is 10.6. The Hall–Kier alpha value is -2.90. The molecule has 2 aromatic rings. The minimum atomic E-state index is -0.533. The highest BCUT2D eigenvalue weighted by Crippen LogP contribution is 2.41. The van der Waals surface area contributed by atoms with Crippen LogP contribution in [0.3, 0.4) is 0 Å². The number of hydrogen-bond donors (Lipinski definition) is 0. The third-order valence-electron chi connectivity index (χ3n) is 5.86. The van der Waals surface area contributed by atoms with Gasteiger partial charge in [-0.05, 0) is 42.7 Å². The average Bonchev–Trinajstić information content (AvgIpc) is 2.84. The fourth-order valence-corrected chi connectivity index (χ4v) is 4.41. The summed E-state index contributed by atoms with van der Waals surface area (Å²) in [4.78, 5) is 26.6. The molecule has 0 N–H and O–H groups in total. The van der Waals surface area contributed by atoms with Gasteiger partial charge in [0, 0.05) is 30.6 Å². The molecule has 0 fully saturated rings. The molecule has 1 unspecified atom stereocenters. The Labute approximate surface area is 209 Å². The quantitative estimate of drug-likeness (QED) is 0.453. The second-order valence-electron chi connectivity index (χ2n) is 7.94. The molecule has 1 amide bonds. The van der Waals surface area contributed by atoms with Crippen LogP contribution >= 0.6 is 23.2 Å². The average molecular weight is 508 g/mol. The molecule has 0 saturated heterocycles. The predicted octanol–water partition coefficient (Wildman–Crippen LogP) is 5.27. The Balaban J connectivity index is 1.98. The van der Waals surface area contributed by atoms with Crippen molar-refractivity contribution in [1.82, 2.24) is 4.90 Å². The van der Waals surface area contributed by atoms with Gasteiger partial charge in [-0.3, -0.25) is 9.59 Å². The van der Waals surface area contributed by atoms with Crippen molar-refractivity contribution < 1.29 is 28.5 Å². The first-order valence-corrected chi connectivity index (χ1v) is 11.4. The highest BCUT2D eigenvalue weighted by atomic mass is 35.5. The van der Waals surface area contributed by atoms with Gasteiger partial charge in [-0.1, -0.05) is 35.3 Å². The lowest BCUT2D eigenvalue weighted by atomic mass is 9.73. The third kappa shape index (κ3) is 5.42. The Morgan fingerprint density at radius 1 is 1.00 bits per heavy atom. The fraction of sp³-hybridized carbons (Fsp3) is 0.360. The van der Waals surface area contributed by atoms with Crippen LogP contribution in [-0.2, 0) is 14.9 Å². The van der Waals surface area contributed by atoms with E-state index >= 15 is 0 Å². The molecule has 0 aliphatic carbocycles. The third-order valence-corrected chi connectivity index (χ3v) is 6.60. The predicted molar refractivity (Wildman–Crippen MR) is 130 cm³/mol. The van der Waals surface area contributed by atoms with Gasteiger partial charge in [-0.25, -0.2) is 0 Å². The van der Waals surface area contributed by atoms with Gasteiger partial charge >= 0.3 is 5.97 Å². The van der Waals surface area contributed by atoms with Crippen LogP contribution < -0.4 is 14.2 Å². The van der Waals surface area contributed by atoms with Gasteiger partial charge in [-0.2, -0.15) is 0 Å². The molecule has 0 radical (unpaired) electrons. The van der Waals surface area contributed by atoms with Crippen LogP contribution in [0.15, 0.2) is 42.6 Å². The summed E-state index contributed by atoms with van der Waals surface area (Å²) >= 11 is 12.5. The summed E-state index contributed by atoms with van der Waals surface area (Å²) < 4.78 is 21.4. The molecule has 7 nitrogen and oxygen atoms in total. The molecule has 1 heterocycles. The van der Waals surface area contributed by atoms with Crippen molar-refractivity contribution in [2.45, 2.75) is 25.2 Å². The molecular weight excluding hydrogens is 481 g/mol. The summed E-state index contributed by atoms with van der Waals surface area (Å²) in [5.41, 5.74) is 0.750. The van der Waals surface area contributed by atoms with Crippen molar-refractivity contribution in [3.63, 3.8) is 0 Å². The summed E-state index contributed by atoms with van der Waals surface area (Å²) in [7, 11) is 4.50. The van der Waals surface area contributed by atoms with Gasteiger partial charge in [0.05, 0.1) is 38.0 Å². The van der Waals surface area contributed by atoms with Gasteiger partial charge in [0.2, 0.25) is 5.75 Å². The van der Waals surface area contributed by atoms with Gasteiger partial charge in [-0.15, -0.1) is 0 Å². The highest BCUT2D eigenvalue weighted by molar-refractivity contribution is 6.42. The van der Waals surface area contributed by atoms with E-state index in [1.807, 2.05) is 12.1 Å². The van der Waals surface area contributed by atoms with E-state index < -0.39 is 5.41 Å². The minimum absolute atomic E-state index is 0.204. The summed E-state index contributed by atoms with van der Waals surface area (Å²) in [6, 6.07) is 8.66. The fourth-order valence-electron chi connectivity index (χ4n) is 4.11. The standard InChI is InChI=1S/C25H27Cl2NO6/c1-16(29)34-11-9-25(18-6-7-19(26)20(27)14-18)8-5-10-28(15-25)24(30)17-12-21(31-2)23(33-4)22(13-17)32-3/h5-7,10,12-14H,8-9,11,15H2,1-4H3. The first-order chi connectivity index (χ1) is 16.2. The summed E-state index contributed by atoms with van der Waals surface area (Å²) in [6.07, 6.45) is 4.81. The number of carbonyl (C=O) groups is 2. The number of hydrogen-bond acceptors (Lipinski definition) is 6. The van der Waals surface area contributed by atoms with E-state index in [4.69, 9.17) is 42.1 Å². The van der Waals surface area contributed by atoms with Gasteiger partial charge < -0.3 is 23.8 Å². The van der Waals surface area contributed by atoms with Crippen LogP contribution in [0, 0.1) is 0 Å². The van der Waals surface area contributed by atoms with E-state index in [0.717, 1.165) is 5.56 Å². The van der Waals surface area contributed by atoms with Crippen molar-refractivity contribution in [2.75, 3.05) is 34.5 Å². The molecule has 1 atom stereocenters. The molecular formula is C25H27Cl2NO6. The van der Waals surface area contributed by atoms with Gasteiger partial charge in [0.15, 0.2) is 11.5 Å². The van der Waals surface area contributed by atoms with Crippen molar-refractivity contribution in [3.8, 4) is 17.2 Å². The number of methoxy groups -OCH3 is 3. The lowest BCUT2D eigenvalue weighted by Crippen LogP contribution is -2.44. The number of allylic oxidation sites excluding steroid dienone is 1. The van der Waals surface area contributed by atoms with E-state index in [-0.39, 0.29) is 18.5 Å². The maximum Gasteiger partial charge on any atom is 0.302 e. The van der Waals surface area contributed by atoms with E-state index in [9.17, 15) is 9.59 Å². The summed E-state index contributed by atoms with van der Waals surface area (Å²) in [6.45, 7) is 1.92. The maximum atomic E-state index is 13.5. The molecule has 0 aromatic heterocycles. The molecule has 0 saturated carbocycles. The lowest BCUT2D eigenvalue weighted by molar-refractivity contribution is -0.141. The van der Waals surface area contributed by atoms with Gasteiger partial charge in [0.25, 0.3) is 5.91 Å². The number of esters is 1. The maximum absolute atomic E-state index is 13.5. The Morgan fingerprint density at radius 2 is 1.68 bits per heavy atom. The topological polar surface area (TPSA) is 74.3 Å². The van der Waals surface area contributed by atoms with Crippen molar-refractivity contribution >= 4 is 35.1 Å². The molecule has 2 aromatic carbocycles. The molecule has 1 aliphatic heterocycles. The van der Waals surface area contributed by atoms with Crippen molar-refractivity contribution in [1.29, 1.82) is 0 Å². The van der Waals surface area contributed by atoms with E-state index in [1.54, 1.807) is 35.4 Å². The van der Waals surface area contributed by atoms with Crippen LogP contribution in [0.5, 0.6) is 17.2 Å². The van der Waals surface area contributed by atoms with Crippen molar-refractivity contribution in [2.24, 2.45) is 0 Å². The van der Waals surface area contributed by atoms with E-state index in [1.165, 1.54) is 28.3 Å². The Kier molecular flexibility index (Phi) is 8.33. The number of carbonyl (C=O) groups excluding carboxylic acids is 2. The number of benzene rings is 2. The van der Waals surface area contributed by atoms with Crippen LogP contribution in [0.1, 0.15) is 35.7 Å². The zero-order valence-electron chi connectivity index (χ0n) is 19.5. The Bertz CT molecular complexity index is 1080. The zero-order valence-corrected chi connectivity index (χ0v) is 21.0. The molecule has 0 spiro atoms. The zero-order chi connectivity index (χ0) is 24.9. The number of halogens is 2. The van der Waals surface area contributed by atoms with Crippen LogP contribution in [-0.4, -0.2) is 51.3 Å². The number of rotatable bonds is 8. The Morgan fingerprint density at radius 3 is 2.24 bits per heavy atom. The lowest BCUT2D eigenvalue weighted by Gasteiger charge is -2.40. The molecule has 182 valence electrons. The smallest absolute Gasteiger partial charge is 0.302 e. The molecule has 34 heavy (non-hydrogen) atoms. The highest BCUT2D eigenvalue weighted by Gasteiger charge is 2.37. The molecule has 9 heteroatoms. The second-order valence-corrected chi connectivity index (χ2v) is 8.75.